The largest absolute Gasteiger partial charge is 0.490 e. The molecule has 160 valence electrons. The lowest BCUT2D eigenvalue weighted by atomic mass is 10.0. The number of methoxy groups -OCH3 is 1. The highest BCUT2D eigenvalue weighted by Crippen LogP contribution is 2.28. The van der Waals surface area contributed by atoms with E-state index < -0.39 is 5.82 Å². The summed E-state index contributed by atoms with van der Waals surface area (Å²) in [5.74, 6) is 0.485. The van der Waals surface area contributed by atoms with Gasteiger partial charge in [-0.1, -0.05) is 12.6 Å². The van der Waals surface area contributed by atoms with Crippen LogP contribution in [0.2, 0.25) is 0 Å². The molecule has 1 aliphatic rings. The van der Waals surface area contributed by atoms with Gasteiger partial charge < -0.3 is 14.4 Å². The average molecular weight is 420 g/mol. The van der Waals surface area contributed by atoms with E-state index in [1.165, 1.54) is 6.07 Å². The van der Waals surface area contributed by atoms with Crippen molar-refractivity contribution in [3.8, 4) is 17.3 Å². The molecule has 0 aliphatic carbocycles. The maximum atomic E-state index is 14.5. The zero-order valence-corrected chi connectivity index (χ0v) is 17.6. The smallest absolute Gasteiger partial charge is 0.178 e. The molecule has 0 atom stereocenters. The van der Waals surface area contributed by atoms with Crippen molar-refractivity contribution in [2.45, 2.75) is 19.4 Å². The van der Waals surface area contributed by atoms with Crippen LogP contribution in [0.25, 0.3) is 17.2 Å². The molecule has 7 heteroatoms. The molecule has 4 rings (SSSR count). The van der Waals surface area contributed by atoms with Crippen molar-refractivity contribution in [3.63, 3.8) is 0 Å². The zero-order chi connectivity index (χ0) is 21.6. The average Bonchev–Trinajstić information content (AvgIpc) is 2.82. The van der Waals surface area contributed by atoms with Gasteiger partial charge in [0.05, 0.1) is 12.3 Å². The maximum Gasteiger partial charge on any atom is 0.178 e. The Hall–Kier alpha value is -3.32. The molecule has 1 aromatic carbocycles. The second-order valence-corrected chi connectivity index (χ2v) is 7.34. The van der Waals surface area contributed by atoms with Gasteiger partial charge in [-0.25, -0.2) is 14.4 Å². The first-order valence-electron chi connectivity index (χ1n) is 10.3. The summed E-state index contributed by atoms with van der Waals surface area (Å²) in [6, 6.07) is 10.7. The molecule has 1 aliphatic heterocycles. The van der Waals surface area contributed by atoms with Crippen molar-refractivity contribution >= 4 is 5.70 Å². The van der Waals surface area contributed by atoms with E-state index >= 15 is 0 Å². The van der Waals surface area contributed by atoms with E-state index in [1.54, 1.807) is 19.4 Å². The molecule has 6 nitrogen and oxygen atoms in total. The van der Waals surface area contributed by atoms with Gasteiger partial charge in [0.2, 0.25) is 0 Å². The Kier molecular flexibility index (Phi) is 6.52. The summed E-state index contributed by atoms with van der Waals surface area (Å²) in [6.07, 6.45) is 5.06. The number of nitrogens with zero attached hydrogens (tertiary/aromatic N) is 4. The van der Waals surface area contributed by atoms with Gasteiger partial charge in [0.25, 0.3) is 0 Å². The molecular formula is C24H25FN4O2. The third-order valence-corrected chi connectivity index (χ3v) is 5.23. The highest BCUT2D eigenvalue weighted by Gasteiger charge is 2.21. The van der Waals surface area contributed by atoms with E-state index in [0.29, 0.717) is 32.0 Å². The first kappa shape index (κ1) is 20.9. The van der Waals surface area contributed by atoms with Gasteiger partial charge in [0.1, 0.15) is 5.69 Å². The summed E-state index contributed by atoms with van der Waals surface area (Å²) in [7, 11) is 1.63. The molecule has 0 bridgehead atoms. The van der Waals surface area contributed by atoms with Gasteiger partial charge >= 0.3 is 0 Å². The highest BCUT2D eigenvalue weighted by molar-refractivity contribution is 5.63. The number of halogens is 1. The first-order valence-corrected chi connectivity index (χ1v) is 10.3. The Balaban J connectivity index is 1.43. The monoisotopic (exact) mass is 420 g/mol. The number of ether oxygens (including phenoxy) is 2. The molecule has 2 aromatic heterocycles. The molecule has 0 spiro atoms. The lowest BCUT2D eigenvalue weighted by Crippen LogP contribution is -2.30. The van der Waals surface area contributed by atoms with Crippen molar-refractivity contribution in [1.29, 1.82) is 0 Å². The van der Waals surface area contributed by atoms with E-state index in [0.717, 1.165) is 41.2 Å². The molecule has 0 amide bonds. The van der Waals surface area contributed by atoms with Crippen LogP contribution in [-0.4, -0.2) is 46.7 Å². The predicted octanol–water partition coefficient (Wildman–Crippen LogP) is 4.12. The third kappa shape index (κ3) is 4.88. The minimum Gasteiger partial charge on any atom is -0.490 e. The van der Waals surface area contributed by atoms with E-state index in [4.69, 9.17) is 14.5 Å². The number of hydrogen-bond donors (Lipinski definition) is 0. The SMILES string of the molecule is C=C(c1ccc(OCCCOC)c(F)c1)N1CCc2nc(-c3ccccn3)ncc2C1. The zero-order valence-electron chi connectivity index (χ0n) is 17.6. The van der Waals surface area contributed by atoms with Gasteiger partial charge in [0, 0.05) is 68.9 Å². The molecule has 3 heterocycles. The molecule has 0 unspecified atom stereocenters. The minimum absolute atomic E-state index is 0.243. The lowest BCUT2D eigenvalue weighted by molar-refractivity contribution is 0.170. The third-order valence-electron chi connectivity index (χ3n) is 5.23. The molecule has 0 N–H and O–H groups in total. The minimum atomic E-state index is -0.392. The van der Waals surface area contributed by atoms with Crippen LogP contribution in [0.5, 0.6) is 5.75 Å². The van der Waals surface area contributed by atoms with Crippen LogP contribution in [0.3, 0.4) is 0 Å². The maximum absolute atomic E-state index is 14.5. The van der Waals surface area contributed by atoms with Crippen LogP contribution < -0.4 is 4.74 Å². The molecule has 0 radical (unpaired) electrons. The Morgan fingerprint density at radius 1 is 1.19 bits per heavy atom. The van der Waals surface area contributed by atoms with Crippen LogP contribution in [0.1, 0.15) is 23.2 Å². The summed E-state index contributed by atoms with van der Waals surface area (Å²) in [5, 5.41) is 0. The van der Waals surface area contributed by atoms with Gasteiger partial charge in [-0.3, -0.25) is 4.98 Å². The summed E-state index contributed by atoms with van der Waals surface area (Å²) >= 11 is 0. The molecule has 0 saturated carbocycles. The summed E-state index contributed by atoms with van der Waals surface area (Å²) in [5.41, 5.74) is 4.33. The highest BCUT2D eigenvalue weighted by atomic mass is 19.1. The number of hydrogen-bond acceptors (Lipinski definition) is 6. The summed E-state index contributed by atoms with van der Waals surface area (Å²) in [4.78, 5) is 15.6. The second-order valence-electron chi connectivity index (χ2n) is 7.34. The quantitative estimate of drug-likeness (QED) is 0.511. The van der Waals surface area contributed by atoms with Gasteiger partial charge in [-0.15, -0.1) is 0 Å². The summed E-state index contributed by atoms with van der Waals surface area (Å²) in [6.45, 7) is 6.57. The normalized spacial score (nSPS) is 13.0. The predicted molar refractivity (Wildman–Crippen MR) is 117 cm³/mol. The summed E-state index contributed by atoms with van der Waals surface area (Å²) < 4.78 is 25.0. The van der Waals surface area contributed by atoms with Crippen LogP contribution in [0.4, 0.5) is 4.39 Å². The Morgan fingerprint density at radius 2 is 2.10 bits per heavy atom. The fraction of sp³-hybridized carbons (Fsp3) is 0.292. The van der Waals surface area contributed by atoms with Crippen LogP contribution in [-0.2, 0) is 17.7 Å². The number of benzene rings is 1. The standard InChI is InChI=1S/C24H25FN4O2/c1-17(18-7-8-23(20(25)14-18)31-13-5-12-30-2)29-11-9-21-19(16-29)15-27-24(28-21)22-6-3-4-10-26-22/h3-4,6-8,10,14-15H,1,5,9,11-13,16H2,2H3. The van der Waals surface area contributed by atoms with E-state index in [9.17, 15) is 4.39 Å². The lowest BCUT2D eigenvalue weighted by Gasteiger charge is -2.31. The van der Waals surface area contributed by atoms with Crippen molar-refractivity contribution in [3.05, 3.63) is 78.0 Å². The number of rotatable bonds is 8. The van der Waals surface area contributed by atoms with Crippen molar-refractivity contribution in [2.75, 3.05) is 26.9 Å². The number of fused-ring (bicyclic) bond motifs is 1. The van der Waals surface area contributed by atoms with Crippen LogP contribution >= 0.6 is 0 Å². The van der Waals surface area contributed by atoms with Gasteiger partial charge in [0.15, 0.2) is 17.4 Å². The Labute approximate surface area is 181 Å². The molecule has 0 saturated heterocycles. The van der Waals surface area contributed by atoms with E-state index in [2.05, 4.69) is 21.4 Å². The number of aromatic nitrogens is 3. The molecular weight excluding hydrogens is 395 g/mol. The van der Waals surface area contributed by atoms with Crippen molar-refractivity contribution < 1.29 is 13.9 Å². The van der Waals surface area contributed by atoms with Gasteiger partial charge in [-0.05, 0) is 30.3 Å². The molecule has 0 fully saturated rings. The first-order chi connectivity index (χ1) is 15.2. The van der Waals surface area contributed by atoms with Crippen LogP contribution in [0, 0.1) is 5.82 Å². The van der Waals surface area contributed by atoms with E-state index in [1.807, 2.05) is 30.5 Å². The van der Waals surface area contributed by atoms with Crippen LogP contribution in [0.15, 0.2) is 55.4 Å². The molecule has 3 aromatic rings. The van der Waals surface area contributed by atoms with Crippen molar-refractivity contribution in [2.24, 2.45) is 0 Å². The fourth-order valence-corrected chi connectivity index (χ4v) is 3.53. The topological polar surface area (TPSA) is 60.4 Å². The fourth-order valence-electron chi connectivity index (χ4n) is 3.53. The van der Waals surface area contributed by atoms with E-state index in [-0.39, 0.29) is 5.75 Å². The second kappa shape index (κ2) is 9.66. The number of pyridine rings is 1. The molecule has 31 heavy (non-hydrogen) atoms. The van der Waals surface area contributed by atoms with Crippen molar-refractivity contribution in [1.82, 2.24) is 19.9 Å². The van der Waals surface area contributed by atoms with Gasteiger partial charge in [-0.2, -0.15) is 0 Å². The Bertz CT molecular complexity index is 1060. The Morgan fingerprint density at radius 3 is 2.87 bits per heavy atom.